The maximum Gasteiger partial charge on any atom is 0.318 e. The molecule has 92 valence electrons. The van der Waals surface area contributed by atoms with Gasteiger partial charge in [-0.1, -0.05) is 11.6 Å². The minimum atomic E-state index is -0.884. The van der Waals surface area contributed by atoms with Crippen LogP contribution in [0.5, 0.6) is 5.75 Å². The molecule has 7 heteroatoms. The monoisotopic (exact) mass is 257 g/mol. The number of halogens is 1. The van der Waals surface area contributed by atoms with Crippen LogP contribution in [-0.4, -0.2) is 25.6 Å². The highest BCUT2D eigenvalue weighted by Gasteiger charge is 2.05. The van der Waals surface area contributed by atoms with Gasteiger partial charge >= 0.3 is 6.03 Å². The Morgan fingerprint density at radius 1 is 1.47 bits per heavy atom. The zero-order valence-corrected chi connectivity index (χ0v) is 9.88. The average molecular weight is 258 g/mol. The smallest absolute Gasteiger partial charge is 0.318 e. The van der Waals surface area contributed by atoms with Gasteiger partial charge in [0.25, 0.3) is 0 Å². The summed E-state index contributed by atoms with van der Waals surface area (Å²) >= 11 is 5.83. The normalized spacial score (nSPS) is 9.53. The van der Waals surface area contributed by atoms with E-state index in [0.717, 1.165) is 0 Å². The Kier molecular flexibility index (Phi) is 4.59. The van der Waals surface area contributed by atoms with Crippen molar-refractivity contribution in [1.82, 2.24) is 5.32 Å². The van der Waals surface area contributed by atoms with Crippen molar-refractivity contribution in [1.29, 1.82) is 0 Å². The number of rotatable bonds is 4. The van der Waals surface area contributed by atoms with E-state index in [1.54, 1.807) is 18.2 Å². The quantitative estimate of drug-likeness (QED) is 0.749. The van der Waals surface area contributed by atoms with Gasteiger partial charge in [-0.15, -0.1) is 0 Å². The fourth-order valence-electron chi connectivity index (χ4n) is 1.13. The Morgan fingerprint density at radius 3 is 2.76 bits per heavy atom. The minimum absolute atomic E-state index is 0.0757. The first kappa shape index (κ1) is 13.1. The summed E-state index contributed by atoms with van der Waals surface area (Å²) in [7, 11) is 1.49. The number of hydrogen-bond acceptors (Lipinski definition) is 4. The second-order valence-electron chi connectivity index (χ2n) is 3.12. The number of methoxy groups -OCH3 is 1. The van der Waals surface area contributed by atoms with Crippen LogP contribution in [0.1, 0.15) is 0 Å². The van der Waals surface area contributed by atoms with Gasteiger partial charge in [0.05, 0.1) is 18.7 Å². The summed E-state index contributed by atoms with van der Waals surface area (Å²) in [6.07, 6.45) is 0. The zero-order chi connectivity index (χ0) is 12.8. The third-order valence-electron chi connectivity index (χ3n) is 1.87. The maximum absolute atomic E-state index is 11.1. The molecular formula is C10H12ClN3O3. The molecule has 0 saturated heterocycles. The number of imide groups is 1. The van der Waals surface area contributed by atoms with Crippen LogP contribution in [0, 0.1) is 0 Å². The van der Waals surface area contributed by atoms with E-state index in [1.807, 2.05) is 5.32 Å². The van der Waals surface area contributed by atoms with E-state index >= 15 is 0 Å². The number of hydrogen-bond donors (Lipinski definition) is 3. The summed E-state index contributed by atoms with van der Waals surface area (Å²) in [5, 5.41) is 5.20. The van der Waals surface area contributed by atoms with Crippen LogP contribution in [0.3, 0.4) is 0 Å². The lowest BCUT2D eigenvalue weighted by Gasteiger charge is -2.08. The van der Waals surface area contributed by atoms with E-state index in [-0.39, 0.29) is 6.54 Å². The summed E-state index contributed by atoms with van der Waals surface area (Å²) in [4.78, 5) is 21.5. The van der Waals surface area contributed by atoms with Crippen LogP contribution in [0.4, 0.5) is 10.5 Å². The summed E-state index contributed by atoms with van der Waals surface area (Å²) in [5.41, 5.74) is 5.44. The Morgan fingerprint density at radius 2 is 2.18 bits per heavy atom. The molecule has 0 aliphatic heterocycles. The van der Waals surface area contributed by atoms with Crippen molar-refractivity contribution in [2.24, 2.45) is 5.73 Å². The number of nitrogens with one attached hydrogen (secondary N) is 2. The van der Waals surface area contributed by atoms with Gasteiger partial charge in [0.2, 0.25) is 5.91 Å². The first-order valence-corrected chi connectivity index (χ1v) is 5.07. The van der Waals surface area contributed by atoms with Crippen molar-refractivity contribution < 1.29 is 14.3 Å². The molecule has 0 aliphatic carbocycles. The standard InChI is InChI=1S/C10H12ClN3O3/c1-17-8-4-6(2-3-7(8)11)13-5-9(15)14-10(12)16/h2-4,13H,5H2,1H3,(H3,12,14,15,16). The molecule has 0 aliphatic rings. The first-order valence-electron chi connectivity index (χ1n) is 4.69. The van der Waals surface area contributed by atoms with Crippen LogP contribution < -0.4 is 21.1 Å². The van der Waals surface area contributed by atoms with Crippen molar-refractivity contribution in [3.8, 4) is 5.75 Å². The van der Waals surface area contributed by atoms with Crippen LogP contribution in [0.2, 0.25) is 5.02 Å². The SMILES string of the molecule is COc1cc(NCC(=O)NC(N)=O)ccc1Cl. The molecule has 0 radical (unpaired) electrons. The Labute approximate surface area is 103 Å². The van der Waals surface area contributed by atoms with Crippen molar-refractivity contribution in [2.75, 3.05) is 19.0 Å². The second kappa shape index (κ2) is 5.95. The second-order valence-corrected chi connectivity index (χ2v) is 3.52. The van der Waals surface area contributed by atoms with Crippen molar-refractivity contribution >= 4 is 29.2 Å². The van der Waals surface area contributed by atoms with Crippen molar-refractivity contribution in [2.45, 2.75) is 0 Å². The van der Waals surface area contributed by atoms with E-state index in [2.05, 4.69) is 5.32 Å². The fourth-order valence-corrected chi connectivity index (χ4v) is 1.33. The van der Waals surface area contributed by atoms with E-state index in [9.17, 15) is 9.59 Å². The summed E-state index contributed by atoms with van der Waals surface area (Å²) < 4.78 is 5.01. The number of carbonyl (C=O) groups is 2. The fraction of sp³-hybridized carbons (Fsp3) is 0.200. The molecule has 6 nitrogen and oxygen atoms in total. The van der Waals surface area contributed by atoms with Gasteiger partial charge in [0.15, 0.2) is 0 Å². The number of anilines is 1. The molecule has 1 aromatic rings. The zero-order valence-electron chi connectivity index (χ0n) is 9.12. The maximum atomic E-state index is 11.1. The summed E-state index contributed by atoms with van der Waals surface area (Å²) in [6, 6.07) is 4.07. The van der Waals surface area contributed by atoms with Gasteiger partial charge in [-0.05, 0) is 12.1 Å². The highest BCUT2D eigenvalue weighted by atomic mass is 35.5. The Balaban J connectivity index is 2.57. The minimum Gasteiger partial charge on any atom is -0.495 e. The third-order valence-corrected chi connectivity index (χ3v) is 2.18. The molecule has 0 fully saturated rings. The molecule has 0 spiro atoms. The van der Waals surface area contributed by atoms with Gasteiger partial charge in [-0.3, -0.25) is 10.1 Å². The van der Waals surface area contributed by atoms with E-state index in [1.165, 1.54) is 7.11 Å². The molecule has 4 N–H and O–H groups in total. The average Bonchev–Trinajstić information content (AvgIpc) is 2.27. The number of amides is 3. The van der Waals surface area contributed by atoms with Gasteiger partial charge in [-0.25, -0.2) is 4.79 Å². The molecule has 0 saturated carbocycles. The number of urea groups is 1. The lowest BCUT2D eigenvalue weighted by Crippen LogP contribution is -2.38. The topological polar surface area (TPSA) is 93.4 Å². The van der Waals surface area contributed by atoms with E-state index in [0.29, 0.717) is 16.5 Å². The predicted octanol–water partition coefficient (Wildman–Crippen LogP) is 0.955. The van der Waals surface area contributed by atoms with E-state index in [4.69, 9.17) is 22.1 Å². The largest absolute Gasteiger partial charge is 0.495 e. The Hall–Kier alpha value is -1.95. The van der Waals surface area contributed by atoms with Gasteiger partial charge in [0.1, 0.15) is 5.75 Å². The van der Waals surface area contributed by atoms with Crippen LogP contribution >= 0.6 is 11.6 Å². The molecule has 0 heterocycles. The highest BCUT2D eigenvalue weighted by Crippen LogP contribution is 2.27. The number of primary amides is 1. The van der Waals surface area contributed by atoms with Gasteiger partial charge in [-0.2, -0.15) is 0 Å². The van der Waals surface area contributed by atoms with Gasteiger partial charge < -0.3 is 15.8 Å². The number of nitrogens with two attached hydrogens (primary N) is 1. The van der Waals surface area contributed by atoms with Crippen molar-refractivity contribution in [3.05, 3.63) is 23.2 Å². The third kappa shape index (κ3) is 4.20. The molecule has 0 unspecified atom stereocenters. The lowest BCUT2D eigenvalue weighted by molar-refractivity contribution is -0.118. The van der Waals surface area contributed by atoms with E-state index < -0.39 is 11.9 Å². The molecule has 0 aromatic heterocycles. The molecular weight excluding hydrogens is 246 g/mol. The lowest BCUT2D eigenvalue weighted by atomic mass is 10.3. The van der Waals surface area contributed by atoms with Crippen LogP contribution in [-0.2, 0) is 4.79 Å². The molecule has 17 heavy (non-hydrogen) atoms. The van der Waals surface area contributed by atoms with Crippen LogP contribution in [0.15, 0.2) is 18.2 Å². The van der Waals surface area contributed by atoms with Crippen LogP contribution in [0.25, 0.3) is 0 Å². The summed E-state index contributed by atoms with van der Waals surface area (Å²) in [5.74, 6) is -0.0293. The number of benzene rings is 1. The molecule has 1 rings (SSSR count). The highest BCUT2D eigenvalue weighted by molar-refractivity contribution is 6.32. The van der Waals surface area contributed by atoms with Crippen molar-refractivity contribution in [3.63, 3.8) is 0 Å². The molecule has 0 bridgehead atoms. The Bertz CT molecular complexity index is 437. The van der Waals surface area contributed by atoms with Gasteiger partial charge in [0, 0.05) is 11.8 Å². The first-order chi connectivity index (χ1) is 8.02. The summed E-state index contributed by atoms with van der Waals surface area (Å²) in [6.45, 7) is -0.0757. The molecule has 0 atom stereocenters. The molecule has 3 amide bonds. The predicted molar refractivity (Wildman–Crippen MR) is 64.2 cm³/mol. The number of ether oxygens (including phenoxy) is 1. The number of carbonyl (C=O) groups excluding carboxylic acids is 2. The molecule has 1 aromatic carbocycles.